The minimum absolute atomic E-state index is 0.0619. The Morgan fingerprint density at radius 3 is 2.79 bits per heavy atom. The predicted octanol–water partition coefficient (Wildman–Crippen LogP) is 1.92. The maximum Gasteiger partial charge on any atom is 0.222 e. The Hall–Kier alpha value is -2.15. The molecule has 0 aliphatic carbocycles. The summed E-state index contributed by atoms with van der Waals surface area (Å²) in [4.78, 5) is 12.6. The number of nitrogens with one attached hydrogen (secondary N) is 1. The SMILES string of the molecule is Cc1cc(C)n(CCC(=O)N[C@H]2CCS(=O)(=O)c3ccccc32)n1. The van der Waals surface area contributed by atoms with Gasteiger partial charge < -0.3 is 5.32 Å². The van der Waals surface area contributed by atoms with Crippen LogP contribution in [0.2, 0.25) is 0 Å². The van der Waals surface area contributed by atoms with E-state index in [9.17, 15) is 13.2 Å². The van der Waals surface area contributed by atoms with E-state index in [0.29, 0.717) is 29.8 Å². The largest absolute Gasteiger partial charge is 0.349 e. The highest BCUT2D eigenvalue weighted by molar-refractivity contribution is 7.91. The summed E-state index contributed by atoms with van der Waals surface area (Å²) in [5, 5.41) is 7.31. The van der Waals surface area contributed by atoms with E-state index < -0.39 is 9.84 Å². The molecule has 0 fully saturated rings. The number of hydrogen-bond donors (Lipinski definition) is 1. The van der Waals surface area contributed by atoms with Crippen molar-refractivity contribution in [3.8, 4) is 0 Å². The highest BCUT2D eigenvalue weighted by Crippen LogP contribution is 2.31. The first-order valence-electron chi connectivity index (χ1n) is 7.99. The predicted molar refractivity (Wildman–Crippen MR) is 90.3 cm³/mol. The van der Waals surface area contributed by atoms with Crippen LogP contribution in [-0.4, -0.2) is 29.9 Å². The van der Waals surface area contributed by atoms with Crippen molar-refractivity contribution in [2.75, 3.05) is 5.75 Å². The van der Waals surface area contributed by atoms with Crippen LogP contribution < -0.4 is 5.32 Å². The van der Waals surface area contributed by atoms with E-state index in [0.717, 1.165) is 11.4 Å². The van der Waals surface area contributed by atoms with Crippen LogP contribution in [0.15, 0.2) is 35.2 Å². The molecule has 0 saturated heterocycles. The van der Waals surface area contributed by atoms with Gasteiger partial charge in [-0.25, -0.2) is 8.42 Å². The molecule has 1 amide bonds. The van der Waals surface area contributed by atoms with Gasteiger partial charge in [0.05, 0.1) is 22.4 Å². The quantitative estimate of drug-likeness (QED) is 0.916. The van der Waals surface area contributed by atoms with Crippen molar-refractivity contribution in [3.05, 3.63) is 47.3 Å². The Bertz CT molecular complexity index is 871. The van der Waals surface area contributed by atoms with Crippen LogP contribution in [0.3, 0.4) is 0 Å². The molecule has 1 aromatic heterocycles. The van der Waals surface area contributed by atoms with Gasteiger partial charge >= 0.3 is 0 Å². The second-order valence-electron chi connectivity index (χ2n) is 6.17. The van der Waals surface area contributed by atoms with Gasteiger partial charge in [-0.1, -0.05) is 18.2 Å². The van der Waals surface area contributed by atoms with E-state index in [1.54, 1.807) is 24.3 Å². The van der Waals surface area contributed by atoms with Gasteiger partial charge in [0.15, 0.2) is 9.84 Å². The molecule has 1 N–H and O–H groups in total. The number of carbonyl (C=O) groups is 1. The zero-order valence-electron chi connectivity index (χ0n) is 13.8. The van der Waals surface area contributed by atoms with Crippen LogP contribution in [0, 0.1) is 13.8 Å². The first-order valence-corrected chi connectivity index (χ1v) is 9.64. The highest BCUT2D eigenvalue weighted by atomic mass is 32.2. The first kappa shape index (κ1) is 16.7. The molecule has 1 aromatic carbocycles. The van der Waals surface area contributed by atoms with Crippen LogP contribution in [0.5, 0.6) is 0 Å². The number of hydrogen-bond acceptors (Lipinski definition) is 4. The number of rotatable bonds is 4. The molecular weight excluding hydrogens is 326 g/mol. The van der Waals surface area contributed by atoms with E-state index in [1.165, 1.54) is 0 Å². The molecule has 2 heterocycles. The van der Waals surface area contributed by atoms with Crippen molar-refractivity contribution in [2.24, 2.45) is 0 Å². The second-order valence-corrected chi connectivity index (χ2v) is 8.24. The Morgan fingerprint density at radius 2 is 2.08 bits per heavy atom. The van der Waals surface area contributed by atoms with Gasteiger partial charge in [-0.05, 0) is 38.0 Å². The van der Waals surface area contributed by atoms with Crippen LogP contribution >= 0.6 is 0 Å². The molecule has 128 valence electrons. The van der Waals surface area contributed by atoms with Crippen molar-refractivity contribution >= 4 is 15.7 Å². The monoisotopic (exact) mass is 347 g/mol. The summed E-state index contributed by atoms with van der Waals surface area (Å²) < 4.78 is 26.1. The highest BCUT2D eigenvalue weighted by Gasteiger charge is 2.30. The van der Waals surface area contributed by atoms with Gasteiger partial charge in [0.2, 0.25) is 5.91 Å². The summed E-state index contributed by atoms with van der Waals surface area (Å²) in [6.45, 7) is 4.39. The molecule has 1 aliphatic rings. The number of fused-ring (bicyclic) bond motifs is 1. The zero-order chi connectivity index (χ0) is 17.3. The third-order valence-corrected chi connectivity index (χ3v) is 6.11. The lowest BCUT2D eigenvalue weighted by molar-refractivity contribution is -0.122. The van der Waals surface area contributed by atoms with Crippen LogP contribution in [-0.2, 0) is 21.2 Å². The van der Waals surface area contributed by atoms with E-state index in [4.69, 9.17) is 0 Å². The van der Waals surface area contributed by atoms with Gasteiger partial charge in [-0.2, -0.15) is 5.10 Å². The summed E-state index contributed by atoms with van der Waals surface area (Å²) in [7, 11) is -3.23. The molecule has 6 nitrogen and oxygen atoms in total. The molecule has 0 unspecified atom stereocenters. The smallest absolute Gasteiger partial charge is 0.222 e. The normalized spacial score (nSPS) is 18.8. The number of aryl methyl sites for hydroxylation is 3. The molecule has 1 atom stereocenters. The van der Waals surface area contributed by atoms with E-state index >= 15 is 0 Å². The number of carbonyl (C=O) groups excluding carboxylic acids is 1. The van der Waals surface area contributed by atoms with Gasteiger partial charge in [0.1, 0.15) is 0 Å². The van der Waals surface area contributed by atoms with Gasteiger partial charge in [-0.15, -0.1) is 0 Å². The van der Waals surface area contributed by atoms with E-state index in [1.807, 2.05) is 24.6 Å². The molecule has 0 spiro atoms. The van der Waals surface area contributed by atoms with Crippen molar-refractivity contribution in [2.45, 2.75) is 44.2 Å². The lowest BCUT2D eigenvalue weighted by Gasteiger charge is -2.26. The van der Waals surface area contributed by atoms with Crippen LogP contribution in [0.4, 0.5) is 0 Å². The minimum Gasteiger partial charge on any atom is -0.349 e. The summed E-state index contributed by atoms with van der Waals surface area (Å²) in [5.74, 6) is -0.0338. The lowest BCUT2D eigenvalue weighted by atomic mass is 10.0. The van der Waals surface area contributed by atoms with Crippen molar-refractivity contribution < 1.29 is 13.2 Å². The standard InChI is InChI=1S/C17H21N3O3S/c1-12-11-13(2)20(19-12)9-7-17(21)18-15-8-10-24(22,23)16-6-4-3-5-14(15)16/h3-6,11,15H,7-10H2,1-2H3,(H,18,21)/t15-/m0/s1. The molecule has 7 heteroatoms. The maximum absolute atomic E-state index is 12.3. The van der Waals surface area contributed by atoms with Gasteiger partial charge in [-0.3, -0.25) is 9.48 Å². The third kappa shape index (κ3) is 3.36. The topological polar surface area (TPSA) is 81.1 Å². The van der Waals surface area contributed by atoms with Crippen molar-refractivity contribution in [3.63, 3.8) is 0 Å². The van der Waals surface area contributed by atoms with E-state index in [-0.39, 0.29) is 17.7 Å². The fourth-order valence-corrected chi connectivity index (χ4v) is 4.74. The molecule has 0 radical (unpaired) electrons. The van der Waals surface area contributed by atoms with Crippen LogP contribution in [0.1, 0.15) is 35.8 Å². The Balaban J connectivity index is 1.68. The third-order valence-electron chi connectivity index (χ3n) is 4.29. The van der Waals surface area contributed by atoms with Crippen molar-refractivity contribution in [1.29, 1.82) is 0 Å². The fraction of sp³-hybridized carbons (Fsp3) is 0.412. The van der Waals surface area contributed by atoms with E-state index in [2.05, 4.69) is 10.4 Å². The Labute approximate surface area is 141 Å². The molecule has 3 rings (SSSR count). The van der Waals surface area contributed by atoms with Crippen LogP contribution in [0.25, 0.3) is 0 Å². The molecule has 24 heavy (non-hydrogen) atoms. The molecule has 1 aliphatic heterocycles. The molecule has 2 aromatic rings. The fourth-order valence-electron chi connectivity index (χ4n) is 3.12. The van der Waals surface area contributed by atoms with Gasteiger partial charge in [0.25, 0.3) is 0 Å². The first-order chi connectivity index (χ1) is 11.4. The summed E-state index contributed by atoms with van der Waals surface area (Å²) in [6.07, 6.45) is 0.721. The summed E-state index contributed by atoms with van der Waals surface area (Å²) >= 11 is 0. The maximum atomic E-state index is 12.3. The van der Waals surface area contributed by atoms with Gasteiger partial charge in [0, 0.05) is 18.7 Å². The average Bonchev–Trinajstić information content (AvgIpc) is 2.86. The molecule has 0 bridgehead atoms. The zero-order valence-corrected chi connectivity index (χ0v) is 14.6. The summed E-state index contributed by atoms with van der Waals surface area (Å²) in [5.41, 5.74) is 2.64. The second kappa shape index (κ2) is 6.39. The lowest BCUT2D eigenvalue weighted by Crippen LogP contribution is -2.34. The number of amides is 1. The van der Waals surface area contributed by atoms with Crippen molar-refractivity contribution in [1.82, 2.24) is 15.1 Å². The number of nitrogens with zero attached hydrogens (tertiary/aromatic N) is 2. The minimum atomic E-state index is -3.23. The number of aromatic nitrogens is 2. The number of benzene rings is 1. The number of sulfone groups is 1. The summed E-state index contributed by atoms with van der Waals surface area (Å²) in [6, 6.07) is 8.62. The molecule has 0 saturated carbocycles. The molecular formula is C17H21N3O3S. The average molecular weight is 347 g/mol. The Kier molecular flexibility index (Phi) is 4.45. The Morgan fingerprint density at radius 1 is 1.33 bits per heavy atom.